The van der Waals surface area contributed by atoms with Gasteiger partial charge < -0.3 is 19.5 Å². The normalized spacial score (nSPS) is 17.5. The number of aromatic carboxylic acids is 1. The van der Waals surface area contributed by atoms with E-state index >= 15 is 0 Å². The predicted octanol–water partition coefficient (Wildman–Crippen LogP) is 11.2. The van der Waals surface area contributed by atoms with Gasteiger partial charge in [-0.1, -0.05) is 121 Å². The summed E-state index contributed by atoms with van der Waals surface area (Å²) >= 11 is 6.26. The summed E-state index contributed by atoms with van der Waals surface area (Å²) in [5, 5.41) is 17.0. The van der Waals surface area contributed by atoms with Gasteiger partial charge in [0, 0.05) is 56.6 Å². The lowest BCUT2D eigenvalue weighted by molar-refractivity contribution is -0.00391. The van der Waals surface area contributed by atoms with E-state index in [1.165, 1.54) is 16.7 Å². The van der Waals surface area contributed by atoms with Crippen LogP contribution in [-0.2, 0) is 10.3 Å². The third-order valence-electron chi connectivity index (χ3n) is 12.6. The molecular formula is C52H49ClN4O4. The molecule has 0 saturated carbocycles. The third-order valence-corrected chi connectivity index (χ3v) is 12.9. The fourth-order valence-corrected chi connectivity index (χ4v) is 9.47. The molecule has 2 heterocycles. The van der Waals surface area contributed by atoms with E-state index in [0.29, 0.717) is 5.75 Å². The van der Waals surface area contributed by atoms with Gasteiger partial charge in [-0.2, -0.15) is 5.10 Å². The monoisotopic (exact) mass is 828 g/mol. The van der Waals surface area contributed by atoms with Crippen LogP contribution in [0.1, 0.15) is 58.8 Å². The van der Waals surface area contributed by atoms with Gasteiger partial charge in [0.2, 0.25) is 0 Å². The van der Waals surface area contributed by atoms with Crippen molar-refractivity contribution in [3.63, 3.8) is 0 Å². The van der Waals surface area contributed by atoms with Crippen LogP contribution in [0.15, 0.2) is 163 Å². The Bertz CT molecular complexity index is 2580. The zero-order valence-corrected chi connectivity index (χ0v) is 35.3. The highest BCUT2D eigenvalue weighted by Gasteiger charge is 2.40. The van der Waals surface area contributed by atoms with Crippen molar-refractivity contribution in [2.45, 2.75) is 37.3 Å². The molecule has 1 unspecified atom stereocenters. The number of piperazine rings is 1. The highest BCUT2D eigenvalue weighted by Crippen LogP contribution is 2.44. The van der Waals surface area contributed by atoms with Crippen LogP contribution in [0.5, 0.6) is 11.5 Å². The van der Waals surface area contributed by atoms with Crippen molar-refractivity contribution in [3.05, 3.63) is 196 Å². The highest BCUT2D eigenvalue weighted by molar-refractivity contribution is 6.30. The van der Waals surface area contributed by atoms with Crippen LogP contribution >= 0.6 is 11.6 Å². The first-order valence-corrected chi connectivity index (χ1v) is 21.3. The maximum Gasteiger partial charge on any atom is 0.339 e. The van der Waals surface area contributed by atoms with Crippen LogP contribution < -0.4 is 9.64 Å². The molecule has 1 aliphatic heterocycles. The van der Waals surface area contributed by atoms with E-state index in [1.54, 1.807) is 6.07 Å². The van der Waals surface area contributed by atoms with Crippen LogP contribution in [0.3, 0.4) is 0 Å². The number of rotatable bonds is 12. The molecule has 308 valence electrons. The van der Waals surface area contributed by atoms with Gasteiger partial charge in [-0.3, -0.25) is 4.90 Å². The molecule has 8 nitrogen and oxygen atoms in total. The van der Waals surface area contributed by atoms with Crippen molar-refractivity contribution in [3.8, 4) is 11.5 Å². The minimum absolute atomic E-state index is 0.0964. The van der Waals surface area contributed by atoms with Gasteiger partial charge in [0.25, 0.3) is 0 Å². The quantitative estimate of drug-likeness (QED) is 0.123. The number of hydrogen-bond acceptors (Lipinski definition) is 6. The van der Waals surface area contributed by atoms with Crippen LogP contribution in [0, 0.1) is 0 Å². The molecule has 6 aromatic carbocycles. The molecule has 2 aliphatic rings. The predicted molar refractivity (Wildman–Crippen MR) is 244 cm³/mol. The number of anilines is 1. The van der Waals surface area contributed by atoms with Crippen LogP contribution in [0.2, 0.25) is 5.02 Å². The number of carbonyl (C=O) groups is 1. The molecule has 0 radical (unpaired) electrons. The lowest BCUT2D eigenvalue weighted by Gasteiger charge is -2.40. The van der Waals surface area contributed by atoms with Gasteiger partial charge in [-0.05, 0) is 96.0 Å². The molecule has 7 aromatic rings. The zero-order chi connectivity index (χ0) is 42.0. The Morgan fingerprint density at radius 2 is 1.39 bits per heavy atom. The van der Waals surface area contributed by atoms with Crippen molar-refractivity contribution < 1.29 is 19.4 Å². The SMILES string of the molecule is COC1(C)CCC(c2ccc(Cl)cc2)=C(CN2CCN(c3ccc(C(=O)O)c(Oc4cccc5c4cnn5C(c4ccccc4)(c4ccccc4)c4ccccc4)c3)CC2)C1. The smallest absolute Gasteiger partial charge is 0.339 e. The average molecular weight is 829 g/mol. The number of aromatic nitrogens is 2. The van der Waals surface area contributed by atoms with Crippen molar-refractivity contribution in [1.29, 1.82) is 0 Å². The Balaban J connectivity index is 1.01. The maximum absolute atomic E-state index is 12.7. The van der Waals surface area contributed by atoms with Crippen molar-refractivity contribution in [2.75, 3.05) is 44.7 Å². The second-order valence-corrected chi connectivity index (χ2v) is 16.8. The molecule has 0 spiro atoms. The van der Waals surface area contributed by atoms with E-state index in [4.69, 9.17) is 26.2 Å². The first kappa shape index (κ1) is 40.2. The summed E-state index contributed by atoms with van der Waals surface area (Å²) in [4.78, 5) is 17.5. The molecule has 1 aromatic heterocycles. The minimum atomic E-state index is -1.05. The summed E-state index contributed by atoms with van der Waals surface area (Å²) in [6.07, 6.45) is 4.65. The maximum atomic E-state index is 12.7. The van der Waals surface area contributed by atoms with Crippen molar-refractivity contribution in [2.24, 2.45) is 0 Å². The molecule has 0 amide bonds. The van der Waals surface area contributed by atoms with Crippen LogP contribution in [0.4, 0.5) is 5.69 Å². The average Bonchev–Trinajstić information content (AvgIpc) is 3.74. The minimum Gasteiger partial charge on any atom is -0.478 e. The van der Waals surface area contributed by atoms with Crippen molar-refractivity contribution >= 4 is 39.7 Å². The lowest BCUT2D eigenvalue weighted by Crippen LogP contribution is -2.47. The Kier molecular flexibility index (Phi) is 11.2. The van der Waals surface area contributed by atoms with E-state index in [-0.39, 0.29) is 16.9 Å². The van der Waals surface area contributed by atoms with Gasteiger partial charge in [-0.25, -0.2) is 9.48 Å². The van der Waals surface area contributed by atoms with Gasteiger partial charge >= 0.3 is 5.97 Å². The number of carboxylic acid groups (broad SMARTS) is 1. The van der Waals surface area contributed by atoms with E-state index in [9.17, 15) is 9.90 Å². The summed E-state index contributed by atoms with van der Waals surface area (Å²) in [5.74, 6) is -0.241. The number of hydrogen-bond donors (Lipinski definition) is 1. The highest BCUT2D eigenvalue weighted by atomic mass is 35.5. The van der Waals surface area contributed by atoms with E-state index < -0.39 is 11.5 Å². The van der Waals surface area contributed by atoms with Gasteiger partial charge in [0.15, 0.2) is 0 Å². The van der Waals surface area contributed by atoms with Crippen LogP contribution in [0.25, 0.3) is 16.5 Å². The number of fused-ring (bicyclic) bond motifs is 1. The molecular weight excluding hydrogens is 780 g/mol. The summed E-state index contributed by atoms with van der Waals surface area (Å²) in [6.45, 7) is 6.39. The first-order valence-electron chi connectivity index (χ1n) is 20.9. The summed E-state index contributed by atoms with van der Waals surface area (Å²) in [6, 6.07) is 50.8. The number of ether oxygens (including phenoxy) is 2. The molecule has 9 heteroatoms. The Morgan fingerprint density at radius 1 is 0.770 bits per heavy atom. The number of benzene rings is 6. The van der Waals surface area contributed by atoms with Crippen molar-refractivity contribution in [1.82, 2.24) is 14.7 Å². The Hall–Kier alpha value is -6.19. The third kappa shape index (κ3) is 7.83. The second kappa shape index (κ2) is 17.1. The number of halogens is 1. The first-order chi connectivity index (χ1) is 29.8. The molecule has 9 rings (SSSR count). The molecule has 61 heavy (non-hydrogen) atoms. The molecule has 0 bridgehead atoms. The molecule has 1 atom stereocenters. The Labute approximate surface area is 362 Å². The number of nitrogens with zero attached hydrogens (tertiary/aromatic N) is 4. The van der Waals surface area contributed by atoms with Gasteiger partial charge in [0.1, 0.15) is 22.6 Å². The molecule has 1 fully saturated rings. The molecule has 1 saturated heterocycles. The summed E-state index contributed by atoms with van der Waals surface area (Å²) in [7, 11) is 1.82. The molecule has 1 aliphatic carbocycles. The standard InChI is InChI=1S/C52H49ClN4O4/c1-51(60-2)28-27-44(37-21-23-42(53)24-22-37)38(34-51)36-55-29-31-56(32-30-55)43-25-26-45(50(58)59)49(33-43)61-48-20-12-19-47-46(48)35-54-57(47)52(39-13-6-3-7-14-39,40-15-8-4-9-16-40)41-17-10-5-11-18-41/h3-26,33,35H,27-32,34,36H2,1-2H3,(H,58,59). The van der Waals surface area contributed by atoms with E-state index in [2.05, 4.69) is 106 Å². The molecule has 1 N–H and O–H groups in total. The van der Waals surface area contributed by atoms with Gasteiger partial charge in [0.05, 0.1) is 22.7 Å². The van der Waals surface area contributed by atoms with E-state index in [1.807, 2.05) is 74.0 Å². The second-order valence-electron chi connectivity index (χ2n) is 16.3. The lowest BCUT2D eigenvalue weighted by atomic mass is 9.77. The zero-order valence-electron chi connectivity index (χ0n) is 34.5. The fourth-order valence-electron chi connectivity index (χ4n) is 9.34. The van der Waals surface area contributed by atoms with Gasteiger partial charge in [-0.15, -0.1) is 0 Å². The Morgan fingerprint density at radius 3 is 1.98 bits per heavy atom. The number of carboxylic acids is 1. The fraction of sp³-hybridized carbons (Fsp3) is 0.231. The summed E-state index contributed by atoms with van der Waals surface area (Å²) in [5.41, 5.74) is 8.04. The number of methoxy groups -OCH3 is 1. The largest absolute Gasteiger partial charge is 0.478 e. The topological polar surface area (TPSA) is 80.1 Å². The summed E-state index contributed by atoms with van der Waals surface area (Å²) < 4.78 is 14.8. The van der Waals surface area contributed by atoms with Crippen LogP contribution in [-0.4, -0.2) is 71.2 Å². The van der Waals surface area contributed by atoms with E-state index in [0.717, 1.165) is 90.3 Å². The number of allylic oxidation sites excluding steroid dienone is 1.